The van der Waals surface area contributed by atoms with E-state index >= 15 is 0 Å². The summed E-state index contributed by atoms with van der Waals surface area (Å²) in [7, 11) is 1.45. The molecular weight excluding hydrogens is 505 g/mol. The standard InChI is InChI=1S/C26H36FN9O3/c1-26(2)13-17(11-18-5-4-9-35(18)26)31-23-20(27)14-30-24(33-23)32-16-6-7-22(39-19-8-10-38-15-19)21(12-16)36(34-28)25(37)29-3/h6-7,12,14,17-19,28H,4-5,8-11,13,15H2,1-3H3,(H,29,37)(H2,30,31,32,33)/t17?,18?,19-/m0/s1. The number of amides is 2. The Balaban J connectivity index is 1.36. The van der Waals surface area contributed by atoms with Crippen LogP contribution in [0.2, 0.25) is 0 Å². The first kappa shape index (κ1) is 27.0. The number of rotatable bonds is 8. The van der Waals surface area contributed by atoms with Gasteiger partial charge in [-0.2, -0.15) is 15.5 Å². The molecule has 0 saturated carbocycles. The summed E-state index contributed by atoms with van der Waals surface area (Å²) in [6, 6.07) is 5.01. The van der Waals surface area contributed by atoms with Crippen LogP contribution in [0, 0.1) is 11.3 Å². The molecule has 210 valence electrons. The SMILES string of the molecule is CNC(=O)N(N=N)c1cc(Nc2ncc(F)c(NC3CC4CCCN4C(C)(C)C3)n2)ccc1O[C@H]1CCOC1. The summed E-state index contributed by atoms with van der Waals surface area (Å²) >= 11 is 0. The number of nitrogens with one attached hydrogen (secondary N) is 4. The van der Waals surface area contributed by atoms with E-state index in [1.807, 2.05) is 0 Å². The van der Waals surface area contributed by atoms with Crippen molar-refractivity contribution in [2.75, 3.05) is 42.4 Å². The molecule has 0 bridgehead atoms. The maximum atomic E-state index is 14.8. The van der Waals surface area contributed by atoms with Gasteiger partial charge in [-0.05, 0) is 64.3 Å². The Morgan fingerprint density at radius 3 is 2.95 bits per heavy atom. The van der Waals surface area contributed by atoms with Crippen LogP contribution in [0.15, 0.2) is 29.6 Å². The molecule has 39 heavy (non-hydrogen) atoms. The predicted octanol–water partition coefficient (Wildman–Crippen LogP) is 4.44. The van der Waals surface area contributed by atoms with Crippen molar-refractivity contribution in [3.05, 3.63) is 30.2 Å². The number of ether oxygens (including phenoxy) is 2. The van der Waals surface area contributed by atoms with Gasteiger partial charge in [0, 0.05) is 36.8 Å². The van der Waals surface area contributed by atoms with Gasteiger partial charge in [0.05, 0.1) is 19.4 Å². The molecule has 2 unspecified atom stereocenters. The van der Waals surface area contributed by atoms with Crippen LogP contribution in [0.4, 0.5) is 32.3 Å². The zero-order valence-electron chi connectivity index (χ0n) is 22.5. The van der Waals surface area contributed by atoms with E-state index in [4.69, 9.17) is 15.0 Å². The summed E-state index contributed by atoms with van der Waals surface area (Å²) in [5, 5.41) is 13.2. The molecule has 0 aliphatic carbocycles. The molecule has 4 heterocycles. The molecule has 0 radical (unpaired) electrons. The third kappa shape index (κ3) is 5.88. The summed E-state index contributed by atoms with van der Waals surface area (Å²) in [5.41, 5.74) is 8.36. The quantitative estimate of drug-likeness (QED) is 0.284. The fraction of sp³-hybridized carbons (Fsp3) is 0.577. The van der Waals surface area contributed by atoms with Crippen LogP contribution in [-0.4, -0.2) is 71.4 Å². The Kier molecular flexibility index (Phi) is 7.80. The first-order chi connectivity index (χ1) is 18.8. The lowest BCUT2D eigenvalue weighted by Gasteiger charge is -2.47. The highest BCUT2D eigenvalue weighted by Gasteiger charge is 2.43. The van der Waals surface area contributed by atoms with E-state index < -0.39 is 11.8 Å². The number of urea groups is 1. The van der Waals surface area contributed by atoms with E-state index in [1.54, 1.807) is 18.2 Å². The molecule has 0 spiro atoms. The highest BCUT2D eigenvalue weighted by atomic mass is 19.1. The number of benzene rings is 1. The lowest BCUT2D eigenvalue weighted by Crippen LogP contribution is -2.55. The monoisotopic (exact) mass is 541 g/mol. The van der Waals surface area contributed by atoms with Crippen molar-refractivity contribution < 1.29 is 18.7 Å². The summed E-state index contributed by atoms with van der Waals surface area (Å²) in [6.07, 6.45) is 5.87. The van der Waals surface area contributed by atoms with Gasteiger partial charge in [0.1, 0.15) is 17.5 Å². The van der Waals surface area contributed by atoms with Crippen LogP contribution in [0.5, 0.6) is 5.75 Å². The molecule has 3 fully saturated rings. The fourth-order valence-electron chi connectivity index (χ4n) is 5.93. The number of piperidine rings is 1. The molecule has 4 N–H and O–H groups in total. The zero-order chi connectivity index (χ0) is 27.6. The molecule has 12 nitrogen and oxygen atoms in total. The number of hydrogen-bond acceptors (Lipinski definition) is 10. The normalized spacial score (nSPS) is 24.1. The third-order valence-corrected chi connectivity index (χ3v) is 7.67. The summed E-state index contributed by atoms with van der Waals surface area (Å²) in [4.78, 5) is 23.5. The topological polar surface area (TPSA) is 140 Å². The highest BCUT2D eigenvalue weighted by Crippen LogP contribution is 2.39. The van der Waals surface area contributed by atoms with Crippen LogP contribution in [0.3, 0.4) is 0 Å². The maximum Gasteiger partial charge on any atom is 0.343 e. The van der Waals surface area contributed by atoms with Gasteiger partial charge in [-0.1, -0.05) is 5.22 Å². The maximum absolute atomic E-state index is 14.8. The zero-order valence-corrected chi connectivity index (χ0v) is 22.5. The first-order valence-corrected chi connectivity index (χ1v) is 13.4. The number of hydrogen-bond donors (Lipinski definition) is 4. The van der Waals surface area contributed by atoms with Crippen molar-refractivity contribution in [3.63, 3.8) is 0 Å². The number of nitrogens with zero attached hydrogens (tertiary/aromatic N) is 5. The minimum Gasteiger partial charge on any atom is -0.486 e. The predicted molar refractivity (Wildman–Crippen MR) is 144 cm³/mol. The van der Waals surface area contributed by atoms with Crippen molar-refractivity contribution >= 4 is 29.2 Å². The van der Waals surface area contributed by atoms with Gasteiger partial charge >= 0.3 is 6.03 Å². The van der Waals surface area contributed by atoms with Crippen LogP contribution >= 0.6 is 0 Å². The Hall–Kier alpha value is -3.58. The Morgan fingerprint density at radius 1 is 1.36 bits per heavy atom. The molecular formula is C26H36FN9O3. The van der Waals surface area contributed by atoms with Gasteiger partial charge in [0.2, 0.25) is 5.95 Å². The molecule has 2 aromatic rings. The summed E-state index contributed by atoms with van der Waals surface area (Å²) in [5.74, 6) is 0.192. The molecule has 5 rings (SSSR count). The average Bonchev–Trinajstić information content (AvgIpc) is 3.60. The van der Waals surface area contributed by atoms with Crippen molar-refractivity contribution in [2.24, 2.45) is 5.22 Å². The second-order valence-corrected chi connectivity index (χ2v) is 10.9. The Labute approximate surface area is 227 Å². The van der Waals surface area contributed by atoms with Crippen molar-refractivity contribution in [1.29, 1.82) is 5.53 Å². The molecule has 3 atom stereocenters. The van der Waals surface area contributed by atoms with E-state index in [0.717, 1.165) is 37.0 Å². The number of halogens is 1. The number of aromatic nitrogens is 2. The van der Waals surface area contributed by atoms with E-state index in [2.05, 4.69) is 49.9 Å². The Bertz CT molecular complexity index is 1210. The van der Waals surface area contributed by atoms with Crippen LogP contribution in [0.1, 0.15) is 46.0 Å². The molecule has 1 aromatic carbocycles. The van der Waals surface area contributed by atoms with Crippen LogP contribution in [0.25, 0.3) is 0 Å². The van der Waals surface area contributed by atoms with Gasteiger partial charge in [0.25, 0.3) is 0 Å². The van der Waals surface area contributed by atoms with Gasteiger partial charge in [-0.3, -0.25) is 4.90 Å². The summed E-state index contributed by atoms with van der Waals surface area (Å²) in [6.45, 7) is 6.65. The number of carbonyl (C=O) groups excluding carboxylic acids is 1. The van der Waals surface area contributed by atoms with Gasteiger partial charge in [-0.25, -0.2) is 14.2 Å². The van der Waals surface area contributed by atoms with Crippen molar-refractivity contribution in [2.45, 2.75) is 69.7 Å². The van der Waals surface area contributed by atoms with Crippen molar-refractivity contribution in [3.8, 4) is 5.75 Å². The molecule has 1 aromatic heterocycles. The Morgan fingerprint density at radius 2 is 2.21 bits per heavy atom. The third-order valence-electron chi connectivity index (χ3n) is 7.67. The van der Waals surface area contributed by atoms with Gasteiger partial charge < -0.3 is 25.4 Å². The molecule has 3 saturated heterocycles. The summed E-state index contributed by atoms with van der Waals surface area (Å²) < 4.78 is 26.2. The second-order valence-electron chi connectivity index (χ2n) is 10.9. The average molecular weight is 542 g/mol. The number of carbonyl (C=O) groups is 1. The van der Waals surface area contributed by atoms with E-state index in [1.165, 1.54) is 13.5 Å². The van der Waals surface area contributed by atoms with Crippen LogP contribution in [-0.2, 0) is 4.74 Å². The second kappa shape index (κ2) is 11.3. The lowest BCUT2D eigenvalue weighted by molar-refractivity contribution is 0.0500. The first-order valence-electron chi connectivity index (χ1n) is 13.4. The highest BCUT2D eigenvalue weighted by molar-refractivity contribution is 5.93. The minimum atomic E-state index is -0.601. The molecule has 3 aliphatic rings. The fourth-order valence-corrected chi connectivity index (χ4v) is 5.93. The van der Waals surface area contributed by atoms with E-state index in [-0.39, 0.29) is 35.1 Å². The van der Waals surface area contributed by atoms with Gasteiger partial charge in [0.15, 0.2) is 11.6 Å². The number of fused-ring (bicyclic) bond motifs is 1. The molecule has 2 amide bonds. The lowest BCUT2D eigenvalue weighted by atomic mass is 9.84. The molecule has 3 aliphatic heterocycles. The minimum absolute atomic E-state index is 0.0338. The molecule has 13 heteroatoms. The van der Waals surface area contributed by atoms with E-state index in [0.29, 0.717) is 37.1 Å². The smallest absolute Gasteiger partial charge is 0.343 e. The largest absolute Gasteiger partial charge is 0.486 e. The van der Waals surface area contributed by atoms with Crippen LogP contribution < -0.4 is 25.7 Å². The number of anilines is 4. The van der Waals surface area contributed by atoms with Gasteiger partial charge in [-0.15, -0.1) is 0 Å². The van der Waals surface area contributed by atoms with Crippen molar-refractivity contribution in [1.82, 2.24) is 20.2 Å². The van der Waals surface area contributed by atoms with E-state index in [9.17, 15) is 9.18 Å².